The smallest absolute Gasteiger partial charge is 0.412 e. The van der Waals surface area contributed by atoms with Gasteiger partial charge in [-0.25, -0.2) is 9.59 Å². The SMILES string of the molecule is CC(C)(C)OC(=O)Nc1cc(Cl)c(Cl)c(C(=O)O)c1. The van der Waals surface area contributed by atoms with Gasteiger partial charge in [0.1, 0.15) is 5.60 Å². The van der Waals surface area contributed by atoms with E-state index in [1.54, 1.807) is 20.8 Å². The number of ether oxygens (including phenoxy) is 1. The predicted molar refractivity (Wildman–Crippen MR) is 73.3 cm³/mol. The van der Waals surface area contributed by atoms with Crippen LogP contribution in [-0.4, -0.2) is 22.8 Å². The highest BCUT2D eigenvalue weighted by molar-refractivity contribution is 6.44. The van der Waals surface area contributed by atoms with Crippen molar-refractivity contribution in [2.24, 2.45) is 0 Å². The Morgan fingerprint density at radius 1 is 1.26 bits per heavy atom. The minimum atomic E-state index is -1.24. The summed E-state index contributed by atoms with van der Waals surface area (Å²) in [5.74, 6) is -1.24. The highest BCUT2D eigenvalue weighted by Gasteiger charge is 2.18. The summed E-state index contributed by atoms with van der Waals surface area (Å²) in [6.07, 6.45) is -0.706. The number of carboxylic acid groups (broad SMARTS) is 1. The van der Waals surface area contributed by atoms with E-state index in [0.717, 1.165) is 0 Å². The van der Waals surface area contributed by atoms with Crippen LogP contribution >= 0.6 is 23.2 Å². The number of aromatic carboxylic acids is 1. The fraction of sp³-hybridized carbons (Fsp3) is 0.333. The van der Waals surface area contributed by atoms with Gasteiger partial charge in [0.15, 0.2) is 0 Å². The summed E-state index contributed by atoms with van der Waals surface area (Å²) >= 11 is 11.5. The first-order chi connectivity index (χ1) is 8.60. The summed E-state index contributed by atoms with van der Waals surface area (Å²) in [7, 11) is 0. The third-order valence-electron chi connectivity index (χ3n) is 1.90. The van der Waals surface area contributed by atoms with Crippen LogP contribution in [0.2, 0.25) is 10.0 Å². The van der Waals surface area contributed by atoms with E-state index < -0.39 is 17.7 Å². The lowest BCUT2D eigenvalue weighted by atomic mass is 10.2. The van der Waals surface area contributed by atoms with Crippen LogP contribution in [0.15, 0.2) is 12.1 Å². The van der Waals surface area contributed by atoms with Gasteiger partial charge in [-0.1, -0.05) is 23.2 Å². The molecule has 2 N–H and O–H groups in total. The molecule has 0 heterocycles. The summed E-state index contributed by atoms with van der Waals surface area (Å²) in [5.41, 5.74) is -0.656. The molecule has 0 fully saturated rings. The second kappa shape index (κ2) is 5.67. The Bertz CT molecular complexity index is 523. The molecule has 7 heteroatoms. The molecular formula is C12H13Cl2NO4. The van der Waals surface area contributed by atoms with Crippen molar-refractivity contribution in [3.63, 3.8) is 0 Å². The number of anilines is 1. The van der Waals surface area contributed by atoms with Crippen LogP contribution in [0.1, 0.15) is 31.1 Å². The van der Waals surface area contributed by atoms with Gasteiger partial charge in [0.2, 0.25) is 0 Å². The third-order valence-corrected chi connectivity index (χ3v) is 2.71. The molecule has 104 valence electrons. The van der Waals surface area contributed by atoms with Crippen LogP contribution in [0, 0.1) is 0 Å². The lowest BCUT2D eigenvalue weighted by molar-refractivity contribution is 0.0633. The number of carbonyl (C=O) groups is 2. The minimum Gasteiger partial charge on any atom is -0.478 e. The summed E-state index contributed by atoms with van der Waals surface area (Å²) in [6.45, 7) is 5.14. The van der Waals surface area contributed by atoms with Crippen LogP contribution in [0.25, 0.3) is 0 Å². The molecule has 0 aromatic heterocycles. The third kappa shape index (κ3) is 4.61. The van der Waals surface area contributed by atoms with Crippen LogP contribution in [0.3, 0.4) is 0 Å². The first-order valence-corrected chi connectivity index (χ1v) is 6.08. The number of halogens is 2. The van der Waals surface area contributed by atoms with Gasteiger partial charge in [-0.05, 0) is 32.9 Å². The number of rotatable bonds is 2. The second-order valence-electron chi connectivity index (χ2n) is 4.75. The van der Waals surface area contributed by atoms with E-state index in [-0.39, 0.29) is 21.3 Å². The molecule has 1 aromatic carbocycles. The maximum Gasteiger partial charge on any atom is 0.412 e. The van der Waals surface area contributed by atoms with Crippen LogP contribution in [-0.2, 0) is 4.74 Å². The standard InChI is InChI=1S/C12H13Cl2NO4/c1-12(2,3)19-11(18)15-6-4-7(10(16)17)9(14)8(13)5-6/h4-5H,1-3H3,(H,15,18)(H,16,17). The van der Waals surface area contributed by atoms with Crippen molar-refractivity contribution < 1.29 is 19.4 Å². The van der Waals surface area contributed by atoms with Crippen molar-refractivity contribution in [1.29, 1.82) is 0 Å². The van der Waals surface area contributed by atoms with Crippen LogP contribution in [0.4, 0.5) is 10.5 Å². The van der Waals surface area contributed by atoms with E-state index >= 15 is 0 Å². The van der Waals surface area contributed by atoms with Crippen molar-refractivity contribution >= 4 is 41.0 Å². The fourth-order valence-electron chi connectivity index (χ4n) is 1.24. The first kappa shape index (κ1) is 15.6. The maximum absolute atomic E-state index is 11.5. The van der Waals surface area contributed by atoms with Gasteiger partial charge in [0, 0.05) is 5.69 Å². The summed E-state index contributed by atoms with van der Waals surface area (Å²) < 4.78 is 5.04. The van der Waals surface area contributed by atoms with E-state index in [2.05, 4.69) is 5.32 Å². The fourth-order valence-corrected chi connectivity index (χ4v) is 1.65. The Hall–Kier alpha value is -1.46. The van der Waals surface area contributed by atoms with E-state index in [1.807, 2.05) is 0 Å². The number of benzene rings is 1. The van der Waals surface area contributed by atoms with Crippen molar-refractivity contribution in [2.75, 3.05) is 5.32 Å². The zero-order valence-corrected chi connectivity index (χ0v) is 12.1. The summed E-state index contributed by atoms with van der Waals surface area (Å²) in [4.78, 5) is 22.5. The number of nitrogens with one attached hydrogen (secondary N) is 1. The molecule has 0 unspecified atom stereocenters. The maximum atomic E-state index is 11.5. The number of hydrogen-bond acceptors (Lipinski definition) is 3. The Kier molecular flexibility index (Phi) is 4.66. The van der Waals surface area contributed by atoms with Crippen LogP contribution < -0.4 is 5.32 Å². The highest BCUT2D eigenvalue weighted by atomic mass is 35.5. The van der Waals surface area contributed by atoms with E-state index in [4.69, 9.17) is 33.0 Å². The molecule has 0 bridgehead atoms. The van der Waals surface area contributed by atoms with E-state index in [9.17, 15) is 9.59 Å². The van der Waals surface area contributed by atoms with Gasteiger partial charge < -0.3 is 9.84 Å². The van der Waals surface area contributed by atoms with E-state index in [1.165, 1.54) is 12.1 Å². The number of carboxylic acids is 1. The first-order valence-electron chi connectivity index (χ1n) is 5.32. The highest BCUT2D eigenvalue weighted by Crippen LogP contribution is 2.30. The van der Waals surface area contributed by atoms with Crippen molar-refractivity contribution in [3.05, 3.63) is 27.7 Å². The summed E-state index contributed by atoms with van der Waals surface area (Å²) in [5, 5.41) is 11.3. The molecule has 5 nitrogen and oxygen atoms in total. The van der Waals surface area contributed by atoms with Gasteiger partial charge in [0.05, 0.1) is 15.6 Å². The number of carbonyl (C=O) groups excluding carboxylic acids is 1. The van der Waals surface area contributed by atoms with Crippen molar-refractivity contribution in [1.82, 2.24) is 0 Å². The van der Waals surface area contributed by atoms with Crippen molar-refractivity contribution in [3.8, 4) is 0 Å². The Labute approximate surface area is 120 Å². The Morgan fingerprint density at radius 3 is 2.32 bits per heavy atom. The molecule has 1 aromatic rings. The van der Waals surface area contributed by atoms with Crippen LogP contribution in [0.5, 0.6) is 0 Å². The van der Waals surface area contributed by atoms with Gasteiger partial charge in [-0.2, -0.15) is 0 Å². The molecule has 0 saturated heterocycles. The zero-order valence-electron chi connectivity index (χ0n) is 10.6. The zero-order chi connectivity index (χ0) is 14.8. The normalized spacial score (nSPS) is 11.0. The topological polar surface area (TPSA) is 75.6 Å². The lowest BCUT2D eigenvalue weighted by Gasteiger charge is -2.20. The molecule has 0 aliphatic heterocycles. The second-order valence-corrected chi connectivity index (χ2v) is 5.54. The molecule has 0 aliphatic carbocycles. The Morgan fingerprint density at radius 2 is 1.84 bits per heavy atom. The molecule has 1 rings (SSSR count). The van der Waals surface area contributed by atoms with Gasteiger partial charge in [-0.15, -0.1) is 0 Å². The molecule has 0 saturated carbocycles. The van der Waals surface area contributed by atoms with Crippen molar-refractivity contribution in [2.45, 2.75) is 26.4 Å². The molecule has 0 radical (unpaired) electrons. The molecule has 0 atom stereocenters. The van der Waals surface area contributed by atoms with Gasteiger partial charge in [-0.3, -0.25) is 5.32 Å². The van der Waals surface area contributed by atoms with Gasteiger partial charge >= 0.3 is 12.1 Å². The summed E-state index contributed by atoms with van der Waals surface area (Å²) in [6, 6.07) is 2.56. The quantitative estimate of drug-likeness (QED) is 0.864. The predicted octanol–water partition coefficient (Wildman–Crippen LogP) is 4.04. The molecule has 0 spiro atoms. The molecular weight excluding hydrogens is 293 g/mol. The molecule has 0 aliphatic rings. The lowest BCUT2D eigenvalue weighted by Crippen LogP contribution is -2.27. The molecule has 1 amide bonds. The monoisotopic (exact) mass is 305 g/mol. The van der Waals surface area contributed by atoms with Gasteiger partial charge in [0.25, 0.3) is 0 Å². The largest absolute Gasteiger partial charge is 0.478 e. The number of hydrogen-bond donors (Lipinski definition) is 2. The average molecular weight is 306 g/mol. The number of amides is 1. The Balaban J connectivity index is 2.97. The minimum absolute atomic E-state index is 0.0348. The van der Waals surface area contributed by atoms with E-state index in [0.29, 0.717) is 0 Å². The average Bonchev–Trinajstić information content (AvgIpc) is 2.19. The molecule has 19 heavy (non-hydrogen) atoms.